The lowest BCUT2D eigenvalue weighted by Gasteiger charge is -2.07. The highest BCUT2D eigenvalue weighted by molar-refractivity contribution is 5.68. The molecule has 3 N–H and O–H groups in total. The number of rotatable bonds is 3. The number of nitrogens with zero attached hydrogens (tertiary/aromatic N) is 2. The van der Waals surface area contributed by atoms with Gasteiger partial charge in [-0.3, -0.25) is 0 Å². The fraction of sp³-hybridized carbons (Fsp3) is 0.167. The Balaban J connectivity index is 2.11. The van der Waals surface area contributed by atoms with Crippen LogP contribution in [-0.2, 0) is 6.54 Å². The molecule has 0 amide bonds. The van der Waals surface area contributed by atoms with E-state index in [0.717, 1.165) is 17.1 Å². The summed E-state index contributed by atoms with van der Waals surface area (Å²) in [6.07, 6.45) is 0. The molecule has 0 atom stereocenters. The standard InChI is InChI=1S/C12H12N4O/c1-8-4-10(16-17-8)7-15-12-5-9(6-13)2-3-11(12)14/h2-5,15H,7,14H2,1H3. The lowest BCUT2D eigenvalue weighted by Crippen LogP contribution is -2.03. The summed E-state index contributed by atoms with van der Waals surface area (Å²) in [5, 5.41) is 15.8. The second kappa shape index (κ2) is 4.58. The number of nitrogen functional groups attached to an aromatic ring is 1. The van der Waals surface area contributed by atoms with Gasteiger partial charge in [0.15, 0.2) is 0 Å². The highest BCUT2D eigenvalue weighted by atomic mass is 16.5. The van der Waals surface area contributed by atoms with Crippen molar-refractivity contribution < 1.29 is 4.52 Å². The van der Waals surface area contributed by atoms with Crippen LogP contribution in [0, 0.1) is 18.3 Å². The minimum absolute atomic E-state index is 0.510. The average molecular weight is 228 g/mol. The molecule has 1 aromatic carbocycles. The number of hydrogen-bond donors (Lipinski definition) is 2. The van der Waals surface area contributed by atoms with Crippen LogP contribution in [0.3, 0.4) is 0 Å². The molecule has 86 valence electrons. The monoisotopic (exact) mass is 228 g/mol. The van der Waals surface area contributed by atoms with Crippen molar-refractivity contribution in [1.82, 2.24) is 5.16 Å². The zero-order valence-corrected chi connectivity index (χ0v) is 9.40. The maximum Gasteiger partial charge on any atom is 0.133 e. The molecular weight excluding hydrogens is 216 g/mol. The summed E-state index contributed by atoms with van der Waals surface area (Å²) < 4.78 is 4.95. The minimum Gasteiger partial charge on any atom is -0.397 e. The molecule has 0 unspecified atom stereocenters. The van der Waals surface area contributed by atoms with Crippen LogP contribution in [0.1, 0.15) is 17.0 Å². The van der Waals surface area contributed by atoms with Crippen molar-refractivity contribution in [1.29, 1.82) is 5.26 Å². The van der Waals surface area contributed by atoms with Crippen LogP contribution in [-0.4, -0.2) is 5.16 Å². The maximum atomic E-state index is 8.80. The highest BCUT2D eigenvalue weighted by Crippen LogP contribution is 2.20. The fourth-order valence-corrected chi connectivity index (χ4v) is 1.47. The molecule has 0 aliphatic heterocycles. The molecule has 0 aliphatic rings. The molecule has 0 saturated carbocycles. The van der Waals surface area contributed by atoms with Crippen molar-refractivity contribution in [3.63, 3.8) is 0 Å². The first kappa shape index (κ1) is 11.0. The van der Waals surface area contributed by atoms with E-state index in [0.29, 0.717) is 17.8 Å². The normalized spacial score (nSPS) is 9.88. The second-order valence-electron chi connectivity index (χ2n) is 3.70. The SMILES string of the molecule is Cc1cc(CNc2cc(C#N)ccc2N)no1. The van der Waals surface area contributed by atoms with E-state index >= 15 is 0 Å². The molecule has 0 aliphatic carbocycles. The summed E-state index contributed by atoms with van der Waals surface area (Å²) in [6, 6.07) is 9.01. The predicted molar refractivity (Wildman–Crippen MR) is 64.1 cm³/mol. The van der Waals surface area contributed by atoms with E-state index in [1.807, 2.05) is 13.0 Å². The van der Waals surface area contributed by atoms with E-state index in [1.54, 1.807) is 18.2 Å². The predicted octanol–water partition coefficient (Wildman–Crippen LogP) is 2.05. The Labute approximate surface area is 98.8 Å². The van der Waals surface area contributed by atoms with Crippen LogP contribution in [0.25, 0.3) is 0 Å². The summed E-state index contributed by atoms with van der Waals surface area (Å²) in [6.45, 7) is 2.34. The van der Waals surface area contributed by atoms with E-state index in [9.17, 15) is 0 Å². The Hall–Kier alpha value is -2.48. The Kier molecular flexibility index (Phi) is 2.97. The van der Waals surface area contributed by atoms with E-state index in [-0.39, 0.29) is 0 Å². The van der Waals surface area contributed by atoms with Gasteiger partial charge in [-0.05, 0) is 25.1 Å². The van der Waals surface area contributed by atoms with Crippen molar-refractivity contribution in [2.45, 2.75) is 13.5 Å². The highest BCUT2D eigenvalue weighted by Gasteiger charge is 2.03. The third-order valence-electron chi connectivity index (χ3n) is 2.32. The Morgan fingerprint density at radius 3 is 2.94 bits per heavy atom. The van der Waals surface area contributed by atoms with Crippen molar-refractivity contribution in [3.8, 4) is 6.07 Å². The van der Waals surface area contributed by atoms with Crippen LogP contribution in [0.15, 0.2) is 28.8 Å². The topological polar surface area (TPSA) is 87.9 Å². The lowest BCUT2D eigenvalue weighted by molar-refractivity contribution is 0.391. The van der Waals surface area contributed by atoms with Crippen LogP contribution >= 0.6 is 0 Å². The second-order valence-corrected chi connectivity index (χ2v) is 3.70. The molecular formula is C12H12N4O. The van der Waals surface area contributed by atoms with Gasteiger partial charge < -0.3 is 15.6 Å². The molecule has 2 aromatic rings. The molecule has 5 heteroatoms. The zero-order chi connectivity index (χ0) is 12.3. The van der Waals surface area contributed by atoms with Gasteiger partial charge in [0.2, 0.25) is 0 Å². The number of nitrogens with two attached hydrogens (primary N) is 1. The van der Waals surface area contributed by atoms with E-state index in [2.05, 4.69) is 16.5 Å². The Morgan fingerprint density at radius 1 is 1.47 bits per heavy atom. The number of hydrogen-bond acceptors (Lipinski definition) is 5. The number of nitrogens with one attached hydrogen (secondary N) is 1. The average Bonchev–Trinajstić information content (AvgIpc) is 2.74. The van der Waals surface area contributed by atoms with Crippen molar-refractivity contribution in [2.75, 3.05) is 11.1 Å². The molecule has 0 saturated heterocycles. The van der Waals surface area contributed by atoms with Gasteiger partial charge in [0.05, 0.1) is 29.6 Å². The van der Waals surface area contributed by atoms with Crippen molar-refractivity contribution in [2.24, 2.45) is 0 Å². The zero-order valence-electron chi connectivity index (χ0n) is 9.40. The number of aromatic nitrogens is 1. The van der Waals surface area contributed by atoms with Gasteiger partial charge in [-0.2, -0.15) is 5.26 Å². The summed E-state index contributed by atoms with van der Waals surface area (Å²) in [7, 11) is 0. The van der Waals surface area contributed by atoms with Gasteiger partial charge in [-0.25, -0.2) is 0 Å². The third-order valence-corrected chi connectivity index (χ3v) is 2.32. The molecule has 0 fully saturated rings. The quantitative estimate of drug-likeness (QED) is 0.785. The lowest BCUT2D eigenvalue weighted by atomic mass is 10.2. The molecule has 2 rings (SSSR count). The maximum absolute atomic E-state index is 8.80. The summed E-state index contributed by atoms with van der Waals surface area (Å²) in [5.74, 6) is 0.764. The first-order valence-electron chi connectivity index (χ1n) is 5.15. The molecule has 1 aromatic heterocycles. The van der Waals surface area contributed by atoms with Crippen LogP contribution in [0.5, 0.6) is 0 Å². The smallest absolute Gasteiger partial charge is 0.133 e. The number of anilines is 2. The van der Waals surface area contributed by atoms with Gasteiger partial charge in [-0.1, -0.05) is 5.16 Å². The first-order valence-corrected chi connectivity index (χ1v) is 5.15. The van der Waals surface area contributed by atoms with Crippen LogP contribution in [0.2, 0.25) is 0 Å². The van der Waals surface area contributed by atoms with Crippen LogP contribution in [0.4, 0.5) is 11.4 Å². The van der Waals surface area contributed by atoms with Gasteiger partial charge in [-0.15, -0.1) is 0 Å². The Bertz CT molecular complexity index is 568. The van der Waals surface area contributed by atoms with Crippen molar-refractivity contribution >= 4 is 11.4 Å². The fourth-order valence-electron chi connectivity index (χ4n) is 1.47. The van der Waals surface area contributed by atoms with E-state index in [1.165, 1.54) is 0 Å². The van der Waals surface area contributed by atoms with Gasteiger partial charge in [0, 0.05) is 6.07 Å². The first-order chi connectivity index (χ1) is 8.19. The molecule has 0 spiro atoms. The molecule has 1 heterocycles. The van der Waals surface area contributed by atoms with E-state index < -0.39 is 0 Å². The largest absolute Gasteiger partial charge is 0.397 e. The number of benzene rings is 1. The summed E-state index contributed by atoms with van der Waals surface area (Å²) in [5.41, 5.74) is 8.49. The molecule has 0 bridgehead atoms. The third kappa shape index (κ3) is 2.55. The summed E-state index contributed by atoms with van der Waals surface area (Å²) in [4.78, 5) is 0. The molecule has 17 heavy (non-hydrogen) atoms. The van der Waals surface area contributed by atoms with Gasteiger partial charge in [0.1, 0.15) is 11.5 Å². The van der Waals surface area contributed by atoms with E-state index in [4.69, 9.17) is 15.5 Å². The Morgan fingerprint density at radius 2 is 2.29 bits per heavy atom. The molecule has 0 radical (unpaired) electrons. The summed E-state index contributed by atoms with van der Waals surface area (Å²) >= 11 is 0. The van der Waals surface area contributed by atoms with Crippen molar-refractivity contribution in [3.05, 3.63) is 41.3 Å². The van der Waals surface area contributed by atoms with Gasteiger partial charge >= 0.3 is 0 Å². The number of nitriles is 1. The minimum atomic E-state index is 0.510. The molecule has 5 nitrogen and oxygen atoms in total. The number of aryl methyl sites for hydroxylation is 1. The van der Waals surface area contributed by atoms with Gasteiger partial charge in [0.25, 0.3) is 0 Å². The van der Waals surface area contributed by atoms with Crippen LogP contribution < -0.4 is 11.1 Å².